The lowest BCUT2D eigenvalue weighted by Crippen LogP contribution is -2.31. The third kappa shape index (κ3) is 4.34. The van der Waals surface area contributed by atoms with Gasteiger partial charge >= 0.3 is 5.97 Å². The summed E-state index contributed by atoms with van der Waals surface area (Å²) in [6, 6.07) is 5.72. The van der Waals surface area contributed by atoms with Gasteiger partial charge in [0.2, 0.25) is 5.43 Å². The van der Waals surface area contributed by atoms with Gasteiger partial charge < -0.3 is 14.8 Å². The molecular formula is C23H24ClFN2O4. The number of carboxylic acids is 1. The number of aliphatic hydroxyl groups excluding tert-OH is 1. The normalized spacial score (nSPS) is 12.9. The number of aromatic carboxylic acids is 1. The van der Waals surface area contributed by atoms with Gasteiger partial charge in [-0.15, -0.1) is 0 Å². The van der Waals surface area contributed by atoms with E-state index in [0.717, 1.165) is 0 Å². The highest BCUT2D eigenvalue weighted by atomic mass is 35.5. The van der Waals surface area contributed by atoms with Crippen molar-refractivity contribution < 1.29 is 19.4 Å². The molecular weight excluding hydrogens is 423 g/mol. The van der Waals surface area contributed by atoms with Crippen molar-refractivity contribution in [2.75, 3.05) is 6.61 Å². The first-order valence-electron chi connectivity index (χ1n) is 9.78. The minimum atomic E-state index is -1.37. The molecule has 3 aromatic rings. The topological polar surface area (TPSA) is 92.4 Å². The van der Waals surface area contributed by atoms with Gasteiger partial charge in [-0.25, -0.2) is 14.2 Å². The molecule has 1 aromatic carbocycles. The number of carbonyl (C=O) groups is 1. The second kappa shape index (κ2) is 8.40. The standard InChI is InChI=1S/C23H24ClFN2O4/c1-12-14(8-13-6-5-7-17(24)19(13)25)9-15-20(29)16(22(30)31)10-27(21(15)26-12)18(11-28)23(2,3)4/h5-7,9-10,18,28H,8,11H2,1-4H3,(H,30,31). The van der Waals surface area contributed by atoms with Crippen LogP contribution in [0.3, 0.4) is 0 Å². The van der Waals surface area contributed by atoms with Gasteiger partial charge in [-0.05, 0) is 35.6 Å². The van der Waals surface area contributed by atoms with Crippen LogP contribution in [0.2, 0.25) is 5.02 Å². The van der Waals surface area contributed by atoms with Gasteiger partial charge in [0.1, 0.15) is 17.0 Å². The van der Waals surface area contributed by atoms with E-state index in [9.17, 15) is 24.2 Å². The first kappa shape index (κ1) is 22.9. The molecule has 0 radical (unpaired) electrons. The monoisotopic (exact) mass is 446 g/mol. The summed E-state index contributed by atoms with van der Waals surface area (Å²) in [4.78, 5) is 29.2. The smallest absolute Gasteiger partial charge is 0.341 e. The SMILES string of the molecule is Cc1nc2c(cc1Cc1cccc(Cl)c1F)c(=O)c(C(=O)O)cn2C(CO)C(C)(C)C. The van der Waals surface area contributed by atoms with E-state index in [4.69, 9.17) is 11.6 Å². The summed E-state index contributed by atoms with van der Waals surface area (Å²) in [7, 11) is 0. The Morgan fingerprint density at radius 2 is 1.97 bits per heavy atom. The minimum Gasteiger partial charge on any atom is -0.477 e. The minimum absolute atomic E-state index is 0.00427. The molecule has 0 aliphatic carbocycles. The van der Waals surface area contributed by atoms with Crippen LogP contribution in [0.15, 0.2) is 35.3 Å². The summed E-state index contributed by atoms with van der Waals surface area (Å²) in [6.45, 7) is 7.18. The van der Waals surface area contributed by atoms with Crippen LogP contribution < -0.4 is 5.43 Å². The summed E-state index contributed by atoms with van der Waals surface area (Å²) in [5.74, 6) is -1.91. The zero-order valence-electron chi connectivity index (χ0n) is 17.7. The van der Waals surface area contributed by atoms with Gasteiger partial charge in [-0.3, -0.25) is 4.79 Å². The fraction of sp³-hybridized carbons (Fsp3) is 0.348. The Bertz CT molecular complexity index is 1230. The fourth-order valence-electron chi connectivity index (χ4n) is 3.64. The molecule has 8 heteroatoms. The van der Waals surface area contributed by atoms with E-state index in [1.54, 1.807) is 29.7 Å². The Morgan fingerprint density at radius 1 is 1.29 bits per heavy atom. The quantitative estimate of drug-likeness (QED) is 0.607. The lowest BCUT2D eigenvalue weighted by atomic mass is 9.86. The average Bonchev–Trinajstić information content (AvgIpc) is 2.67. The van der Waals surface area contributed by atoms with E-state index in [2.05, 4.69) is 4.98 Å². The second-order valence-electron chi connectivity index (χ2n) is 8.64. The molecule has 0 saturated carbocycles. The summed E-state index contributed by atoms with van der Waals surface area (Å²) in [6.07, 6.45) is 1.38. The predicted octanol–water partition coefficient (Wildman–Crippen LogP) is 4.37. The molecule has 0 spiro atoms. The van der Waals surface area contributed by atoms with Crippen molar-refractivity contribution in [2.24, 2.45) is 5.41 Å². The zero-order valence-corrected chi connectivity index (χ0v) is 18.5. The number of nitrogens with zero attached hydrogens (tertiary/aromatic N) is 2. The molecule has 1 unspecified atom stereocenters. The molecule has 31 heavy (non-hydrogen) atoms. The maximum absolute atomic E-state index is 14.4. The molecule has 164 valence electrons. The lowest BCUT2D eigenvalue weighted by molar-refractivity contribution is 0.0692. The van der Waals surface area contributed by atoms with E-state index in [0.29, 0.717) is 16.8 Å². The van der Waals surface area contributed by atoms with E-state index in [1.807, 2.05) is 20.8 Å². The number of hydrogen-bond donors (Lipinski definition) is 2. The number of carboxylic acid groups (broad SMARTS) is 1. The molecule has 0 amide bonds. The van der Waals surface area contributed by atoms with Gasteiger partial charge in [0.25, 0.3) is 0 Å². The van der Waals surface area contributed by atoms with Crippen molar-refractivity contribution in [2.45, 2.75) is 40.2 Å². The molecule has 3 rings (SSSR count). The van der Waals surface area contributed by atoms with Crippen molar-refractivity contribution >= 4 is 28.6 Å². The third-order valence-corrected chi connectivity index (χ3v) is 5.74. The van der Waals surface area contributed by atoms with Crippen molar-refractivity contribution in [3.8, 4) is 0 Å². The molecule has 2 aromatic heterocycles. The Kier molecular flexibility index (Phi) is 6.21. The van der Waals surface area contributed by atoms with Gasteiger partial charge in [0.15, 0.2) is 0 Å². The van der Waals surface area contributed by atoms with Gasteiger partial charge in [0.05, 0.1) is 23.1 Å². The van der Waals surface area contributed by atoms with Crippen LogP contribution in [-0.2, 0) is 6.42 Å². The van der Waals surface area contributed by atoms with Gasteiger partial charge in [-0.2, -0.15) is 0 Å². The van der Waals surface area contributed by atoms with Gasteiger partial charge in [-0.1, -0.05) is 44.5 Å². The number of aromatic nitrogens is 2. The number of hydrogen-bond acceptors (Lipinski definition) is 4. The Labute approximate surface area is 183 Å². The van der Waals surface area contributed by atoms with E-state index >= 15 is 0 Å². The van der Waals surface area contributed by atoms with Crippen LogP contribution in [0, 0.1) is 18.2 Å². The zero-order chi connectivity index (χ0) is 23.1. The molecule has 2 N–H and O–H groups in total. The van der Waals surface area contributed by atoms with E-state index < -0.39 is 34.2 Å². The van der Waals surface area contributed by atoms with Crippen molar-refractivity contribution in [1.29, 1.82) is 0 Å². The molecule has 6 nitrogen and oxygen atoms in total. The Balaban J connectivity index is 2.30. The number of rotatable bonds is 5. The maximum atomic E-state index is 14.4. The number of halogens is 2. The lowest BCUT2D eigenvalue weighted by Gasteiger charge is -2.32. The maximum Gasteiger partial charge on any atom is 0.341 e. The van der Waals surface area contributed by atoms with E-state index in [1.165, 1.54) is 12.3 Å². The summed E-state index contributed by atoms with van der Waals surface area (Å²) in [5, 5.41) is 19.7. The molecule has 0 aliphatic heterocycles. The summed E-state index contributed by atoms with van der Waals surface area (Å²) >= 11 is 5.88. The fourth-order valence-corrected chi connectivity index (χ4v) is 3.83. The highest BCUT2D eigenvalue weighted by molar-refractivity contribution is 6.30. The van der Waals surface area contributed by atoms with E-state index in [-0.39, 0.29) is 29.1 Å². The predicted molar refractivity (Wildman–Crippen MR) is 117 cm³/mol. The number of aliphatic hydroxyl groups is 1. The molecule has 1 atom stereocenters. The molecule has 0 fully saturated rings. The number of aryl methyl sites for hydroxylation is 1. The first-order chi connectivity index (χ1) is 14.5. The largest absolute Gasteiger partial charge is 0.477 e. The highest BCUT2D eigenvalue weighted by Gasteiger charge is 2.29. The van der Waals surface area contributed by atoms with Crippen LogP contribution in [0.1, 0.15) is 54.0 Å². The number of benzene rings is 1. The van der Waals surface area contributed by atoms with Crippen molar-refractivity contribution in [1.82, 2.24) is 9.55 Å². The molecule has 0 aliphatic rings. The van der Waals surface area contributed by atoms with Crippen LogP contribution in [0.4, 0.5) is 4.39 Å². The molecule has 2 heterocycles. The highest BCUT2D eigenvalue weighted by Crippen LogP contribution is 2.32. The Hall–Kier alpha value is -2.77. The molecule has 0 bridgehead atoms. The van der Waals surface area contributed by atoms with Gasteiger partial charge in [0, 0.05) is 18.3 Å². The number of fused-ring (bicyclic) bond motifs is 1. The number of pyridine rings is 2. The second-order valence-corrected chi connectivity index (χ2v) is 9.05. The molecule has 0 saturated heterocycles. The summed E-state index contributed by atoms with van der Waals surface area (Å²) < 4.78 is 16.0. The van der Waals surface area contributed by atoms with Crippen LogP contribution >= 0.6 is 11.6 Å². The van der Waals surface area contributed by atoms with Crippen LogP contribution in [0.5, 0.6) is 0 Å². The summed E-state index contributed by atoms with van der Waals surface area (Å²) in [5.41, 5.74) is 0.228. The van der Waals surface area contributed by atoms with Crippen molar-refractivity contribution in [3.05, 3.63) is 73.9 Å². The Morgan fingerprint density at radius 3 is 2.55 bits per heavy atom. The average molecular weight is 447 g/mol. The van der Waals surface area contributed by atoms with Crippen LogP contribution in [-0.4, -0.2) is 32.3 Å². The first-order valence-corrected chi connectivity index (χ1v) is 10.2. The third-order valence-electron chi connectivity index (χ3n) is 5.45. The van der Waals surface area contributed by atoms with Crippen LogP contribution in [0.25, 0.3) is 11.0 Å². The van der Waals surface area contributed by atoms with Crippen molar-refractivity contribution in [3.63, 3.8) is 0 Å².